The lowest BCUT2D eigenvalue weighted by molar-refractivity contribution is 0.121. The molecular weight excluding hydrogens is 162 g/mol. The number of nitrogen functional groups attached to an aromatic ring is 1. The van der Waals surface area contributed by atoms with E-state index in [1.54, 1.807) is 0 Å². The van der Waals surface area contributed by atoms with Gasteiger partial charge < -0.3 is 19.6 Å². The Balaban J connectivity index is 2.23. The fourth-order valence-corrected chi connectivity index (χ4v) is 0.815. The van der Waals surface area contributed by atoms with Crippen LogP contribution in [0.25, 0.3) is 5.76 Å². The van der Waals surface area contributed by atoms with Crippen molar-refractivity contribution in [2.75, 3.05) is 18.9 Å². The van der Waals surface area contributed by atoms with E-state index in [4.69, 9.17) is 19.6 Å². The van der Waals surface area contributed by atoms with Crippen LogP contribution < -0.4 is 5.73 Å². The second kappa shape index (κ2) is 2.72. The van der Waals surface area contributed by atoms with Crippen LogP contribution in [0.3, 0.4) is 0 Å². The number of hydrogen-bond donors (Lipinski definition) is 1. The van der Waals surface area contributed by atoms with E-state index < -0.39 is 0 Å². The molecular formula is C6H7N3O3. The molecule has 1 aliphatic heterocycles. The number of nitrogens with zero attached hydrogens (tertiary/aromatic N) is 2. The van der Waals surface area contributed by atoms with E-state index >= 15 is 0 Å². The highest BCUT2D eigenvalue weighted by Gasteiger charge is 2.14. The molecule has 0 saturated carbocycles. The van der Waals surface area contributed by atoms with Crippen molar-refractivity contribution in [3.05, 3.63) is 12.2 Å². The maximum atomic E-state index is 5.22. The average molecular weight is 169 g/mol. The molecule has 6 nitrogen and oxygen atoms in total. The van der Waals surface area contributed by atoms with Gasteiger partial charge in [0.2, 0.25) is 5.76 Å². The molecule has 0 atom stereocenters. The minimum absolute atomic E-state index is 0.0140. The van der Waals surface area contributed by atoms with Crippen molar-refractivity contribution in [1.82, 2.24) is 10.2 Å². The summed E-state index contributed by atoms with van der Waals surface area (Å²) in [4.78, 5) is 0. The van der Waals surface area contributed by atoms with Crippen LogP contribution in [0.5, 0.6) is 0 Å². The number of nitrogens with two attached hydrogens (primary N) is 1. The van der Waals surface area contributed by atoms with Crippen LogP contribution in [-0.4, -0.2) is 23.4 Å². The Kier molecular flexibility index (Phi) is 1.58. The molecule has 0 amide bonds. The Bertz CT molecular complexity index is 307. The largest absolute Gasteiger partial charge is 0.494 e. The molecule has 2 heterocycles. The molecule has 0 saturated heterocycles. The SMILES string of the molecule is Nc1nnc(C2=COCCO2)o1. The van der Waals surface area contributed by atoms with Crippen LogP contribution in [0.2, 0.25) is 0 Å². The predicted molar refractivity (Wildman–Crippen MR) is 38.6 cm³/mol. The molecule has 0 radical (unpaired) electrons. The van der Waals surface area contributed by atoms with Crippen molar-refractivity contribution < 1.29 is 13.9 Å². The van der Waals surface area contributed by atoms with Crippen LogP contribution in [-0.2, 0) is 9.47 Å². The molecule has 1 aromatic rings. The summed E-state index contributed by atoms with van der Waals surface area (Å²) in [7, 11) is 0. The molecule has 0 aromatic carbocycles. The van der Waals surface area contributed by atoms with Crippen LogP contribution in [0, 0.1) is 0 Å². The molecule has 2 N–H and O–H groups in total. The van der Waals surface area contributed by atoms with Gasteiger partial charge in [0, 0.05) is 0 Å². The third kappa shape index (κ3) is 1.18. The van der Waals surface area contributed by atoms with Gasteiger partial charge in [-0.3, -0.25) is 0 Å². The Hall–Kier alpha value is -1.72. The summed E-state index contributed by atoms with van der Waals surface area (Å²) in [5.74, 6) is 0.664. The van der Waals surface area contributed by atoms with E-state index in [2.05, 4.69) is 10.2 Å². The Morgan fingerprint density at radius 2 is 2.25 bits per heavy atom. The minimum atomic E-state index is 0.0140. The van der Waals surface area contributed by atoms with Crippen LogP contribution in [0.15, 0.2) is 10.7 Å². The predicted octanol–water partition coefficient (Wildman–Crippen LogP) is -0.00300. The summed E-state index contributed by atoms with van der Waals surface area (Å²) in [6.07, 6.45) is 1.43. The first-order chi connectivity index (χ1) is 5.86. The standard InChI is InChI=1S/C6H7N3O3/c7-6-9-8-5(12-6)4-3-10-1-2-11-4/h3H,1-2H2,(H2,7,9). The summed E-state index contributed by atoms with van der Waals surface area (Å²) in [5.41, 5.74) is 5.22. The highest BCUT2D eigenvalue weighted by Crippen LogP contribution is 2.17. The first-order valence-electron chi connectivity index (χ1n) is 3.40. The van der Waals surface area contributed by atoms with Gasteiger partial charge in [-0.2, -0.15) is 0 Å². The zero-order valence-electron chi connectivity index (χ0n) is 6.19. The first kappa shape index (κ1) is 6.96. The molecule has 1 aliphatic rings. The van der Waals surface area contributed by atoms with Crippen molar-refractivity contribution >= 4 is 11.8 Å². The smallest absolute Gasteiger partial charge is 0.313 e. The van der Waals surface area contributed by atoms with Gasteiger partial charge in [0.15, 0.2) is 0 Å². The molecule has 0 fully saturated rings. The quantitative estimate of drug-likeness (QED) is 0.636. The normalized spacial score (nSPS) is 16.2. The lowest BCUT2D eigenvalue weighted by atomic mass is 10.5. The highest BCUT2D eigenvalue weighted by atomic mass is 16.6. The Morgan fingerprint density at radius 3 is 2.83 bits per heavy atom. The summed E-state index contributed by atoms with van der Waals surface area (Å²) in [6.45, 7) is 1.02. The Labute approximate surface area is 68.0 Å². The van der Waals surface area contributed by atoms with Gasteiger partial charge in [0.1, 0.15) is 19.5 Å². The van der Waals surface area contributed by atoms with Crippen LogP contribution in [0.4, 0.5) is 6.01 Å². The van der Waals surface area contributed by atoms with E-state index in [1.807, 2.05) is 0 Å². The number of anilines is 1. The molecule has 0 aliphatic carbocycles. The molecule has 0 unspecified atom stereocenters. The van der Waals surface area contributed by atoms with Gasteiger partial charge in [-0.05, 0) is 0 Å². The number of hydrogen-bond acceptors (Lipinski definition) is 6. The van der Waals surface area contributed by atoms with Crippen molar-refractivity contribution in [2.45, 2.75) is 0 Å². The number of rotatable bonds is 1. The number of aromatic nitrogens is 2. The average Bonchev–Trinajstić information content (AvgIpc) is 2.54. The van der Waals surface area contributed by atoms with Gasteiger partial charge in [-0.25, -0.2) is 0 Å². The molecule has 12 heavy (non-hydrogen) atoms. The van der Waals surface area contributed by atoms with Crippen LogP contribution >= 0.6 is 0 Å². The summed E-state index contributed by atoms with van der Waals surface area (Å²) in [5, 5.41) is 7.10. The van der Waals surface area contributed by atoms with E-state index in [-0.39, 0.29) is 11.9 Å². The zero-order valence-corrected chi connectivity index (χ0v) is 6.19. The monoisotopic (exact) mass is 169 g/mol. The van der Waals surface area contributed by atoms with Crippen molar-refractivity contribution in [1.29, 1.82) is 0 Å². The second-order valence-corrected chi connectivity index (χ2v) is 2.15. The van der Waals surface area contributed by atoms with Gasteiger partial charge in [0.25, 0.3) is 5.89 Å². The van der Waals surface area contributed by atoms with Crippen molar-refractivity contribution in [2.24, 2.45) is 0 Å². The number of ether oxygens (including phenoxy) is 2. The van der Waals surface area contributed by atoms with E-state index in [9.17, 15) is 0 Å². The summed E-state index contributed by atoms with van der Waals surface area (Å²) >= 11 is 0. The fraction of sp³-hybridized carbons (Fsp3) is 0.333. The molecule has 1 aromatic heterocycles. The van der Waals surface area contributed by atoms with E-state index in [0.717, 1.165) is 0 Å². The van der Waals surface area contributed by atoms with E-state index in [1.165, 1.54) is 6.26 Å². The summed E-state index contributed by atoms with van der Waals surface area (Å²) in [6, 6.07) is 0.0140. The van der Waals surface area contributed by atoms with Crippen molar-refractivity contribution in [3.8, 4) is 0 Å². The van der Waals surface area contributed by atoms with Gasteiger partial charge >= 0.3 is 6.01 Å². The lowest BCUT2D eigenvalue weighted by Crippen LogP contribution is -2.07. The fourth-order valence-electron chi connectivity index (χ4n) is 0.815. The Morgan fingerprint density at radius 1 is 1.33 bits per heavy atom. The molecule has 6 heteroatoms. The molecule has 0 bridgehead atoms. The third-order valence-corrected chi connectivity index (χ3v) is 1.30. The topological polar surface area (TPSA) is 83.4 Å². The maximum Gasteiger partial charge on any atom is 0.313 e. The van der Waals surface area contributed by atoms with Gasteiger partial charge in [-0.15, -0.1) is 5.10 Å². The summed E-state index contributed by atoms with van der Waals surface area (Å²) < 4.78 is 15.1. The molecule has 64 valence electrons. The van der Waals surface area contributed by atoms with Crippen LogP contribution in [0.1, 0.15) is 5.89 Å². The van der Waals surface area contributed by atoms with Crippen molar-refractivity contribution in [3.63, 3.8) is 0 Å². The van der Waals surface area contributed by atoms with Gasteiger partial charge in [-0.1, -0.05) is 5.10 Å². The maximum absolute atomic E-state index is 5.22. The highest BCUT2D eigenvalue weighted by molar-refractivity contribution is 5.50. The molecule has 0 spiro atoms. The second-order valence-electron chi connectivity index (χ2n) is 2.15. The van der Waals surface area contributed by atoms with Gasteiger partial charge in [0.05, 0.1) is 0 Å². The third-order valence-electron chi connectivity index (χ3n) is 1.30. The van der Waals surface area contributed by atoms with E-state index in [0.29, 0.717) is 19.0 Å². The minimum Gasteiger partial charge on any atom is -0.494 e. The zero-order chi connectivity index (χ0) is 8.39. The lowest BCUT2D eigenvalue weighted by Gasteiger charge is -2.11. The first-order valence-corrected chi connectivity index (χ1v) is 3.40. The molecule has 2 rings (SSSR count).